The molecular weight excluding hydrogens is 251 g/mol. The summed E-state index contributed by atoms with van der Waals surface area (Å²) < 4.78 is 1.03. The van der Waals surface area contributed by atoms with Gasteiger partial charge in [0.2, 0.25) is 0 Å². The first-order valence-electron chi connectivity index (χ1n) is 2.25. The van der Waals surface area contributed by atoms with E-state index in [1.165, 1.54) is 11.3 Å². The van der Waals surface area contributed by atoms with Gasteiger partial charge >= 0.3 is 63.9 Å². The molecule has 0 saturated carbocycles. The molecule has 0 aliphatic carbocycles. The molecule has 0 aromatic carbocycles. The van der Waals surface area contributed by atoms with Gasteiger partial charge in [0, 0.05) is 0 Å². The number of halogens is 1. The molecule has 9 heavy (non-hydrogen) atoms. The van der Waals surface area contributed by atoms with Crippen LogP contribution in [0.1, 0.15) is 0 Å². The van der Waals surface area contributed by atoms with Crippen molar-refractivity contribution in [1.29, 1.82) is 0 Å². The third-order valence-electron chi connectivity index (χ3n) is 0.735. The van der Waals surface area contributed by atoms with Crippen molar-refractivity contribution < 1.29 is 0 Å². The Hall–Kier alpha value is 0.0900. The zero-order chi connectivity index (χ0) is 6.85. The van der Waals surface area contributed by atoms with Crippen LogP contribution in [0.2, 0.25) is 0 Å². The van der Waals surface area contributed by atoms with Gasteiger partial charge in [-0.2, -0.15) is 0 Å². The van der Waals surface area contributed by atoms with Crippen LogP contribution in [0.15, 0.2) is 4.79 Å². The van der Waals surface area contributed by atoms with E-state index in [2.05, 4.69) is 20.1 Å². The summed E-state index contributed by atoms with van der Waals surface area (Å²) in [4.78, 5) is 14.8. The van der Waals surface area contributed by atoms with Gasteiger partial charge in [-0.15, -0.1) is 0 Å². The van der Waals surface area contributed by atoms with Gasteiger partial charge in [0.05, 0.1) is 0 Å². The first-order chi connectivity index (χ1) is 4.20. The summed E-state index contributed by atoms with van der Waals surface area (Å²) in [7, 11) is 0. The van der Waals surface area contributed by atoms with E-state index in [1.807, 2.05) is 0 Å². The molecule has 0 atom stereocenters. The molecular formula is C4H7IN2OS. The summed E-state index contributed by atoms with van der Waals surface area (Å²) in [6.45, 7) is 0. The zero-order valence-electron chi connectivity index (χ0n) is 5.14. The predicted octanol–water partition coefficient (Wildman–Crippen LogP) is 0.767. The Morgan fingerprint density at radius 3 is 2.56 bits per heavy atom. The van der Waals surface area contributed by atoms with E-state index in [9.17, 15) is 4.79 Å². The van der Waals surface area contributed by atoms with Crippen LogP contribution < -0.4 is 4.87 Å². The molecule has 52 valence electrons. The zero-order valence-corrected chi connectivity index (χ0v) is 8.12. The average molecular weight is 258 g/mol. The van der Waals surface area contributed by atoms with Gasteiger partial charge in [-0.1, -0.05) is 0 Å². The summed E-state index contributed by atoms with van der Waals surface area (Å²) in [5.74, 6) is 0. The average Bonchev–Trinajstić information content (AvgIpc) is 2.14. The first kappa shape index (κ1) is 7.20. The van der Waals surface area contributed by atoms with Gasteiger partial charge < -0.3 is 0 Å². The van der Waals surface area contributed by atoms with Gasteiger partial charge in [0.25, 0.3) is 0 Å². The molecule has 1 N–H and O–H groups in total. The normalized spacial score (nSPS) is 11.6. The predicted molar refractivity (Wildman–Crippen MR) is 47.3 cm³/mol. The Kier molecular flexibility index (Phi) is 2.23. The Morgan fingerprint density at radius 2 is 2.33 bits per heavy atom. The topological polar surface area (TPSA) is 45.8 Å². The van der Waals surface area contributed by atoms with Crippen molar-refractivity contribution >= 4 is 31.2 Å². The molecule has 0 unspecified atom stereocenters. The van der Waals surface area contributed by atoms with E-state index in [4.69, 9.17) is 0 Å². The van der Waals surface area contributed by atoms with Crippen LogP contribution in [0.5, 0.6) is 0 Å². The fraction of sp³-hybridized carbons (Fsp3) is 0.500. The van der Waals surface area contributed by atoms with Crippen LogP contribution in [-0.2, 0) is 0 Å². The summed E-state index contributed by atoms with van der Waals surface area (Å²) in [6, 6.07) is 0. The van der Waals surface area contributed by atoms with Crippen molar-refractivity contribution in [3.05, 3.63) is 12.7 Å². The molecule has 1 aromatic heterocycles. The van der Waals surface area contributed by atoms with E-state index < -0.39 is 19.8 Å². The number of aromatic nitrogens is 2. The minimum absolute atomic E-state index is 0.0315. The number of hydrogen-bond donors (Lipinski definition) is 1. The fourth-order valence-corrected chi connectivity index (χ4v) is 3.39. The number of alkyl halides is 2. The molecule has 3 nitrogen and oxygen atoms in total. The molecule has 1 aromatic rings. The monoisotopic (exact) mass is 258 g/mol. The molecule has 5 heteroatoms. The molecule has 0 radical (unpaired) electrons. The molecule has 0 spiro atoms. The molecule has 1 rings (SSSR count). The molecule has 0 bridgehead atoms. The van der Waals surface area contributed by atoms with E-state index in [0.717, 1.165) is 3.01 Å². The molecule has 1 heterocycles. The van der Waals surface area contributed by atoms with E-state index in [-0.39, 0.29) is 4.87 Å². The quantitative estimate of drug-likeness (QED) is 0.597. The van der Waals surface area contributed by atoms with Crippen molar-refractivity contribution in [2.75, 3.05) is 9.86 Å². The Balaban J connectivity index is 2.98. The van der Waals surface area contributed by atoms with Gasteiger partial charge in [0.15, 0.2) is 0 Å². The maximum absolute atomic E-state index is 10.5. The summed E-state index contributed by atoms with van der Waals surface area (Å²) in [5.41, 5.74) is 0. The Morgan fingerprint density at radius 1 is 1.67 bits per heavy atom. The van der Waals surface area contributed by atoms with Crippen LogP contribution in [-0.4, -0.2) is 20.1 Å². The minimum atomic E-state index is -0.984. The summed E-state index contributed by atoms with van der Waals surface area (Å²) in [6.07, 6.45) is 0. The number of hydrogen-bond acceptors (Lipinski definition) is 3. The van der Waals surface area contributed by atoms with Crippen LogP contribution in [0.25, 0.3) is 0 Å². The molecule has 0 amide bonds. The van der Waals surface area contributed by atoms with Crippen molar-refractivity contribution in [3.63, 3.8) is 0 Å². The molecule has 0 fully saturated rings. The fourth-order valence-electron chi connectivity index (χ4n) is 0.373. The number of nitrogens with zero attached hydrogens (tertiary/aromatic N) is 1. The first-order valence-corrected chi connectivity index (χ1v) is 8.46. The van der Waals surface area contributed by atoms with E-state index >= 15 is 0 Å². The van der Waals surface area contributed by atoms with Crippen LogP contribution >= 0.6 is 31.2 Å². The van der Waals surface area contributed by atoms with Crippen molar-refractivity contribution in [3.8, 4) is 0 Å². The van der Waals surface area contributed by atoms with Crippen LogP contribution in [0.3, 0.4) is 0 Å². The Bertz CT molecular complexity index is 241. The van der Waals surface area contributed by atoms with Crippen molar-refractivity contribution in [2.24, 2.45) is 0 Å². The number of rotatable bonds is 1. The van der Waals surface area contributed by atoms with Crippen molar-refractivity contribution in [1.82, 2.24) is 10.2 Å². The van der Waals surface area contributed by atoms with Crippen LogP contribution in [0, 0.1) is 3.01 Å². The Labute approximate surface area is 63.9 Å². The van der Waals surface area contributed by atoms with Gasteiger partial charge in [-0.3, -0.25) is 0 Å². The molecule has 0 saturated heterocycles. The third kappa shape index (κ3) is 1.75. The second-order valence-electron chi connectivity index (χ2n) is 1.62. The number of nitrogens with one attached hydrogen (secondary N) is 1. The standard InChI is InChI=1S/C4H7IN2OS/c1-5(2)3-6-7-4(8)9-3/h1-2H3,(H,7,8). The number of aromatic amines is 1. The summed E-state index contributed by atoms with van der Waals surface area (Å²) in [5, 5.41) is 6.27. The second-order valence-corrected chi connectivity index (χ2v) is 8.65. The maximum atomic E-state index is 10.5. The SMILES string of the molecule is CI(C)c1n[nH]c(=O)s1. The number of H-pyrrole nitrogens is 1. The molecule has 0 aliphatic heterocycles. The second kappa shape index (κ2) is 2.78. The van der Waals surface area contributed by atoms with Gasteiger partial charge in [-0.25, -0.2) is 0 Å². The van der Waals surface area contributed by atoms with E-state index in [1.54, 1.807) is 0 Å². The van der Waals surface area contributed by atoms with Crippen molar-refractivity contribution in [2.45, 2.75) is 0 Å². The molecule has 0 aliphatic rings. The van der Waals surface area contributed by atoms with Crippen LogP contribution in [0.4, 0.5) is 0 Å². The van der Waals surface area contributed by atoms with Gasteiger partial charge in [-0.05, 0) is 0 Å². The van der Waals surface area contributed by atoms with E-state index in [0.29, 0.717) is 0 Å². The third-order valence-corrected chi connectivity index (χ3v) is 6.09. The van der Waals surface area contributed by atoms with Gasteiger partial charge in [0.1, 0.15) is 0 Å². The summed E-state index contributed by atoms with van der Waals surface area (Å²) >= 11 is 0.259.